The molecule has 0 aliphatic carbocycles. The number of pyridine rings is 2. The van der Waals surface area contributed by atoms with Crippen molar-refractivity contribution in [2.75, 3.05) is 0 Å². The fourth-order valence-electron chi connectivity index (χ4n) is 1.23. The molecule has 0 aromatic carbocycles. The van der Waals surface area contributed by atoms with Gasteiger partial charge < -0.3 is 0 Å². The molecule has 66 valence electrons. The first-order valence-electron chi connectivity index (χ1n) is 4.21. The molecule has 3 heteroatoms. The molecule has 2 aromatic rings. The quantitative estimate of drug-likeness (QED) is 0.650. The van der Waals surface area contributed by atoms with E-state index < -0.39 is 0 Å². The second-order valence-electron chi connectivity index (χ2n) is 2.86. The van der Waals surface area contributed by atoms with Crippen molar-refractivity contribution in [3.8, 4) is 0 Å². The third kappa shape index (κ3) is 1.63. The maximum absolute atomic E-state index is 5.78. The van der Waals surface area contributed by atoms with Gasteiger partial charge in [0.05, 0.1) is 5.52 Å². The molecule has 0 bridgehead atoms. The van der Waals surface area contributed by atoms with Crippen molar-refractivity contribution in [3.05, 3.63) is 35.2 Å². The summed E-state index contributed by atoms with van der Waals surface area (Å²) >= 11 is 5.78. The van der Waals surface area contributed by atoms with Crippen LogP contribution in [0.3, 0.4) is 0 Å². The topological polar surface area (TPSA) is 25.8 Å². The lowest BCUT2D eigenvalue weighted by Gasteiger charge is -1.99. The van der Waals surface area contributed by atoms with Crippen molar-refractivity contribution in [2.45, 2.75) is 13.3 Å². The maximum atomic E-state index is 5.78. The molecule has 0 radical (unpaired) electrons. The molecule has 0 amide bonds. The molecule has 0 saturated heterocycles. The van der Waals surface area contributed by atoms with Crippen LogP contribution >= 0.6 is 11.6 Å². The normalized spacial score (nSPS) is 10.6. The molecule has 2 aromatic heterocycles. The van der Waals surface area contributed by atoms with Crippen LogP contribution in [0.2, 0.25) is 5.15 Å². The molecule has 0 N–H and O–H groups in total. The van der Waals surface area contributed by atoms with Gasteiger partial charge in [0.2, 0.25) is 0 Å². The predicted octanol–water partition coefficient (Wildman–Crippen LogP) is 2.85. The first-order chi connectivity index (χ1) is 6.29. The van der Waals surface area contributed by atoms with E-state index in [9.17, 15) is 0 Å². The van der Waals surface area contributed by atoms with Gasteiger partial charge in [-0.1, -0.05) is 18.5 Å². The smallest absolute Gasteiger partial charge is 0.129 e. The molecule has 0 unspecified atom stereocenters. The van der Waals surface area contributed by atoms with Crippen LogP contribution in [0.4, 0.5) is 0 Å². The van der Waals surface area contributed by atoms with Crippen LogP contribution in [-0.2, 0) is 6.42 Å². The van der Waals surface area contributed by atoms with Crippen molar-refractivity contribution in [2.24, 2.45) is 0 Å². The summed E-state index contributed by atoms with van der Waals surface area (Å²) in [7, 11) is 0. The van der Waals surface area contributed by atoms with Gasteiger partial charge in [-0.15, -0.1) is 0 Å². The minimum Gasteiger partial charge on any atom is -0.261 e. The van der Waals surface area contributed by atoms with Gasteiger partial charge in [0.25, 0.3) is 0 Å². The molecule has 2 nitrogen and oxygen atoms in total. The van der Waals surface area contributed by atoms with Crippen molar-refractivity contribution in [1.29, 1.82) is 0 Å². The lowest BCUT2D eigenvalue weighted by Crippen LogP contribution is -1.88. The predicted molar refractivity (Wildman–Crippen MR) is 53.9 cm³/mol. The fraction of sp³-hybridized carbons (Fsp3) is 0.200. The van der Waals surface area contributed by atoms with Gasteiger partial charge in [-0.05, 0) is 24.6 Å². The van der Waals surface area contributed by atoms with E-state index in [2.05, 4.69) is 16.9 Å². The van der Waals surface area contributed by atoms with Crippen molar-refractivity contribution < 1.29 is 0 Å². The zero-order valence-corrected chi connectivity index (χ0v) is 8.04. The van der Waals surface area contributed by atoms with E-state index in [4.69, 9.17) is 11.6 Å². The summed E-state index contributed by atoms with van der Waals surface area (Å²) in [4.78, 5) is 8.48. The Hall–Kier alpha value is -1.15. The number of aryl methyl sites for hydroxylation is 1. The second kappa shape index (κ2) is 3.30. The zero-order valence-electron chi connectivity index (χ0n) is 7.29. The lowest BCUT2D eigenvalue weighted by molar-refractivity contribution is 1.04. The van der Waals surface area contributed by atoms with Crippen LogP contribution < -0.4 is 0 Å². The molecule has 13 heavy (non-hydrogen) atoms. The Morgan fingerprint density at radius 3 is 3.00 bits per heavy atom. The second-order valence-corrected chi connectivity index (χ2v) is 3.24. The molecular weight excluding hydrogens is 184 g/mol. The van der Waals surface area contributed by atoms with E-state index in [-0.39, 0.29) is 0 Å². The van der Waals surface area contributed by atoms with Crippen LogP contribution in [0.25, 0.3) is 10.9 Å². The van der Waals surface area contributed by atoms with Crippen LogP contribution in [0.5, 0.6) is 0 Å². The van der Waals surface area contributed by atoms with E-state index in [0.717, 1.165) is 23.0 Å². The molecule has 0 fully saturated rings. The van der Waals surface area contributed by atoms with Crippen LogP contribution in [0.1, 0.15) is 12.6 Å². The average molecular weight is 193 g/mol. The summed E-state index contributed by atoms with van der Waals surface area (Å²) in [5, 5.41) is 1.56. The highest BCUT2D eigenvalue weighted by molar-refractivity contribution is 6.29. The minimum absolute atomic E-state index is 0.528. The van der Waals surface area contributed by atoms with Crippen molar-refractivity contribution in [3.63, 3.8) is 0 Å². The van der Waals surface area contributed by atoms with Crippen LogP contribution in [0.15, 0.2) is 24.4 Å². The Morgan fingerprint density at radius 2 is 2.23 bits per heavy atom. The highest BCUT2D eigenvalue weighted by Crippen LogP contribution is 2.15. The third-order valence-electron chi connectivity index (χ3n) is 1.96. The number of nitrogens with zero attached hydrogens (tertiary/aromatic N) is 2. The lowest BCUT2D eigenvalue weighted by atomic mass is 10.2. The summed E-state index contributed by atoms with van der Waals surface area (Å²) in [6, 6.07) is 5.68. The summed E-state index contributed by atoms with van der Waals surface area (Å²) < 4.78 is 0. The number of rotatable bonds is 1. The molecule has 0 spiro atoms. The third-order valence-corrected chi connectivity index (χ3v) is 2.17. The number of aromatic nitrogens is 2. The Balaban J connectivity index is 2.68. The first kappa shape index (κ1) is 8.45. The zero-order chi connectivity index (χ0) is 9.26. The van der Waals surface area contributed by atoms with Gasteiger partial charge in [0, 0.05) is 17.3 Å². The van der Waals surface area contributed by atoms with Gasteiger partial charge in [0.15, 0.2) is 0 Å². The van der Waals surface area contributed by atoms with E-state index in [1.54, 1.807) is 6.07 Å². The molecule has 0 saturated carbocycles. The van der Waals surface area contributed by atoms with Crippen LogP contribution in [-0.4, -0.2) is 9.97 Å². The van der Waals surface area contributed by atoms with E-state index in [1.165, 1.54) is 0 Å². The van der Waals surface area contributed by atoms with Crippen LogP contribution in [0, 0.1) is 0 Å². The highest BCUT2D eigenvalue weighted by Gasteiger charge is 1.98. The molecular formula is C10H9ClN2. The Labute approximate surface area is 81.6 Å². The molecule has 0 atom stereocenters. The largest absolute Gasteiger partial charge is 0.261 e. The highest BCUT2D eigenvalue weighted by atomic mass is 35.5. The fourth-order valence-corrected chi connectivity index (χ4v) is 1.38. The summed E-state index contributed by atoms with van der Waals surface area (Å²) in [6.45, 7) is 2.07. The van der Waals surface area contributed by atoms with Gasteiger partial charge in [-0.3, -0.25) is 4.98 Å². The Bertz CT molecular complexity index is 440. The Kier molecular flexibility index (Phi) is 2.15. The number of halogens is 1. The molecule has 2 rings (SSSR count). The average Bonchev–Trinajstić information content (AvgIpc) is 2.16. The maximum Gasteiger partial charge on any atom is 0.129 e. The standard InChI is InChI=1S/C10H9ClN2/c1-2-8-5-9-7(6-12-8)3-4-10(11)13-9/h3-6H,2H2,1H3. The van der Waals surface area contributed by atoms with E-state index in [1.807, 2.05) is 18.3 Å². The van der Waals surface area contributed by atoms with Gasteiger partial charge in [-0.2, -0.15) is 0 Å². The number of hydrogen-bond acceptors (Lipinski definition) is 2. The first-order valence-corrected chi connectivity index (χ1v) is 4.58. The van der Waals surface area contributed by atoms with E-state index in [0.29, 0.717) is 5.15 Å². The SMILES string of the molecule is CCc1cc2nc(Cl)ccc2cn1. The van der Waals surface area contributed by atoms with Gasteiger partial charge >= 0.3 is 0 Å². The molecule has 0 aliphatic rings. The van der Waals surface area contributed by atoms with Gasteiger partial charge in [-0.25, -0.2) is 4.98 Å². The monoisotopic (exact) mass is 192 g/mol. The minimum atomic E-state index is 0.528. The molecule has 2 heterocycles. The van der Waals surface area contributed by atoms with Crippen molar-refractivity contribution in [1.82, 2.24) is 9.97 Å². The summed E-state index contributed by atoms with van der Waals surface area (Å²) in [6.07, 6.45) is 2.75. The number of hydrogen-bond donors (Lipinski definition) is 0. The van der Waals surface area contributed by atoms with E-state index >= 15 is 0 Å². The number of fused-ring (bicyclic) bond motifs is 1. The van der Waals surface area contributed by atoms with Crippen molar-refractivity contribution >= 4 is 22.5 Å². The molecule has 0 aliphatic heterocycles. The van der Waals surface area contributed by atoms with Gasteiger partial charge in [0.1, 0.15) is 5.15 Å². The summed E-state index contributed by atoms with van der Waals surface area (Å²) in [5.74, 6) is 0. The Morgan fingerprint density at radius 1 is 1.38 bits per heavy atom. The summed E-state index contributed by atoms with van der Waals surface area (Å²) in [5.41, 5.74) is 1.96.